The average molecular weight is 419 g/mol. The lowest BCUT2D eigenvalue weighted by Crippen LogP contribution is -2.57. The van der Waals surface area contributed by atoms with E-state index < -0.39 is 0 Å². The second-order valence-electron chi connectivity index (χ2n) is 11.3. The minimum atomic E-state index is -0.228. The summed E-state index contributed by atoms with van der Waals surface area (Å²) in [6.07, 6.45) is 12.1. The lowest BCUT2D eigenvalue weighted by Gasteiger charge is -2.61. The number of aliphatic hydroxyl groups excluding tert-OH is 2. The fourth-order valence-electron chi connectivity index (χ4n) is 7.73. The van der Waals surface area contributed by atoms with Crippen LogP contribution >= 0.6 is 0 Å². The van der Waals surface area contributed by atoms with Crippen molar-refractivity contribution in [2.75, 3.05) is 27.2 Å². The molecule has 4 aliphatic rings. The van der Waals surface area contributed by atoms with Gasteiger partial charge in [0.15, 0.2) is 0 Å². The standard InChI is InChI=1S/C25H42N2O3/c1-24-10-7-17(9-12-26-30-14-13-27(3)4)15-21(24)22(28)16-18-19-5-6-23(29)25(19,2)11-8-20(18)24/h9,12,18-23,28-29H,5-8,10-11,13-16H2,1-4H3/b17-9+,26-12+/t18-,19-,20-,21+,22-,23-,24+,25-/m0/s1. The molecular formula is C25H42N2O3. The molecule has 8 atom stereocenters. The molecule has 0 bridgehead atoms. The van der Waals surface area contributed by atoms with Crippen LogP contribution in [0.1, 0.15) is 65.2 Å². The Bertz CT molecular complexity index is 677. The van der Waals surface area contributed by atoms with E-state index in [1.54, 1.807) is 6.21 Å². The van der Waals surface area contributed by atoms with Gasteiger partial charge in [-0.15, -0.1) is 0 Å². The van der Waals surface area contributed by atoms with Gasteiger partial charge in [-0.1, -0.05) is 24.6 Å². The zero-order chi connectivity index (χ0) is 21.5. The molecule has 5 nitrogen and oxygen atoms in total. The van der Waals surface area contributed by atoms with Crippen molar-refractivity contribution in [1.29, 1.82) is 0 Å². The fourth-order valence-corrected chi connectivity index (χ4v) is 7.73. The Morgan fingerprint density at radius 3 is 2.60 bits per heavy atom. The van der Waals surface area contributed by atoms with Crippen LogP contribution in [0, 0.1) is 34.5 Å². The van der Waals surface area contributed by atoms with Gasteiger partial charge in [0.1, 0.15) is 6.61 Å². The van der Waals surface area contributed by atoms with Crippen LogP contribution in [0.5, 0.6) is 0 Å². The highest BCUT2D eigenvalue weighted by molar-refractivity contribution is 5.71. The molecule has 5 heteroatoms. The second-order valence-corrected chi connectivity index (χ2v) is 11.3. The molecule has 0 heterocycles. The summed E-state index contributed by atoms with van der Waals surface area (Å²) >= 11 is 0. The van der Waals surface area contributed by atoms with E-state index in [1.165, 1.54) is 12.0 Å². The molecule has 2 N–H and O–H groups in total. The number of likely N-dealkylation sites (N-methyl/N-ethyl adjacent to an activating group) is 1. The van der Waals surface area contributed by atoms with E-state index in [0.29, 0.717) is 30.3 Å². The molecule has 4 fully saturated rings. The van der Waals surface area contributed by atoms with Crippen LogP contribution in [0.25, 0.3) is 0 Å². The van der Waals surface area contributed by atoms with E-state index >= 15 is 0 Å². The second kappa shape index (κ2) is 8.55. The van der Waals surface area contributed by atoms with Crippen molar-refractivity contribution in [1.82, 2.24) is 4.90 Å². The molecule has 0 amide bonds. The van der Waals surface area contributed by atoms with E-state index in [0.717, 1.165) is 51.5 Å². The van der Waals surface area contributed by atoms with Gasteiger partial charge in [0, 0.05) is 6.54 Å². The Labute approximate surface area is 182 Å². The summed E-state index contributed by atoms with van der Waals surface area (Å²) in [5.41, 5.74) is 1.69. The molecule has 0 spiro atoms. The highest BCUT2D eigenvalue weighted by atomic mass is 16.6. The zero-order valence-corrected chi connectivity index (χ0v) is 19.4. The number of hydrogen-bond donors (Lipinski definition) is 2. The molecule has 4 rings (SSSR count). The summed E-state index contributed by atoms with van der Waals surface area (Å²) in [4.78, 5) is 7.40. The third-order valence-electron chi connectivity index (χ3n) is 9.60. The minimum absolute atomic E-state index is 0.0763. The van der Waals surface area contributed by atoms with E-state index in [4.69, 9.17) is 4.84 Å². The van der Waals surface area contributed by atoms with Gasteiger partial charge in [-0.3, -0.25) is 0 Å². The first kappa shape index (κ1) is 22.3. The van der Waals surface area contributed by atoms with Crippen LogP contribution in [0.15, 0.2) is 16.8 Å². The molecule has 0 aromatic carbocycles. The summed E-state index contributed by atoms with van der Waals surface area (Å²) in [6.45, 7) is 6.24. The molecule has 0 saturated heterocycles. The van der Waals surface area contributed by atoms with Crippen LogP contribution in [0.4, 0.5) is 0 Å². The van der Waals surface area contributed by atoms with Crippen LogP contribution < -0.4 is 0 Å². The molecule has 170 valence electrons. The highest BCUT2D eigenvalue weighted by Gasteiger charge is 2.61. The summed E-state index contributed by atoms with van der Waals surface area (Å²) in [5.74, 6) is 2.20. The van der Waals surface area contributed by atoms with Gasteiger partial charge in [-0.25, -0.2) is 0 Å². The monoisotopic (exact) mass is 418 g/mol. The summed E-state index contributed by atoms with van der Waals surface area (Å²) in [5, 5.41) is 26.0. The van der Waals surface area contributed by atoms with Gasteiger partial charge in [0.25, 0.3) is 0 Å². The first-order chi connectivity index (χ1) is 14.3. The average Bonchev–Trinajstić information content (AvgIpc) is 3.00. The molecule has 0 unspecified atom stereocenters. The molecule has 0 aromatic rings. The van der Waals surface area contributed by atoms with Crippen LogP contribution in [-0.2, 0) is 4.84 Å². The first-order valence-electron chi connectivity index (χ1n) is 12.1. The van der Waals surface area contributed by atoms with E-state index in [1.807, 2.05) is 14.1 Å². The summed E-state index contributed by atoms with van der Waals surface area (Å²) < 4.78 is 0. The Kier molecular flexibility index (Phi) is 6.36. The number of fused-ring (bicyclic) bond motifs is 5. The molecule has 0 radical (unpaired) electrons. The molecule has 0 aromatic heterocycles. The quantitative estimate of drug-likeness (QED) is 0.404. The van der Waals surface area contributed by atoms with Crippen molar-refractivity contribution in [2.45, 2.75) is 77.4 Å². The Hall–Kier alpha value is -0.910. The van der Waals surface area contributed by atoms with E-state index in [9.17, 15) is 10.2 Å². The SMILES string of the molecule is CN(C)CCO/N=C/C=C1\CC[C@@]2(C)[C@H](C1)[C@@H](O)C[C@@H]1[C@@H]2CC[C@]2(C)[C@@H](O)CC[C@@H]12. The maximum Gasteiger partial charge on any atom is 0.129 e. The molecule has 4 saturated carbocycles. The van der Waals surface area contributed by atoms with E-state index in [2.05, 4.69) is 30.0 Å². The normalized spacial score (nSPS) is 47.4. The van der Waals surface area contributed by atoms with Crippen molar-refractivity contribution < 1.29 is 15.1 Å². The van der Waals surface area contributed by atoms with Crippen molar-refractivity contribution >= 4 is 6.21 Å². The third kappa shape index (κ3) is 3.86. The molecular weight excluding hydrogens is 376 g/mol. The fraction of sp³-hybridized carbons (Fsp3) is 0.880. The van der Waals surface area contributed by atoms with Crippen molar-refractivity contribution in [3.63, 3.8) is 0 Å². The zero-order valence-electron chi connectivity index (χ0n) is 19.4. The number of nitrogens with zero attached hydrogens (tertiary/aromatic N) is 2. The Balaban J connectivity index is 1.42. The predicted molar refractivity (Wildman–Crippen MR) is 120 cm³/mol. The lowest BCUT2D eigenvalue weighted by atomic mass is 9.44. The molecule has 0 aliphatic heterocycles. The number of aliphatic hydroxyl groups is 2. The van der Waals surface area contributed by atoms with Crippen LogP contribution in [-0.4, -0.2) is 60.8 Å². The van der Waals surface area contributed by atoms with Gasteiger partial charge in [-0.05, 0) is 106 Å². The smallest absolute Gasteiger partial charge is 0.129 e. The highest BCUT2D eigenvalue weighted by Crippen LogP contribution is 2.66. The maximum atomic E-state index is 11.2. The lowest BCUT2D eigenvalue weighted by molar-refractivity contribution is -0.156. The minimum Gasteiger partial charge on any atom is -0.394 e. The van der Waals surface area contributed by atoms with Crippen LogP contribution in [0.2, 0.25) is 0 Å². The van der Waals surface area contributed by atoms with Gasteiger partial charge in [0.2, 0.25) is 0 Å². The van der Waals surface area contributed by atoms with Crippen LogP contribution in [0.3, 0.4) is 0 Å². The number of rotatable bonds is 5. The van der Waals surface area contributed by atoms with E-state index in [-0.39, 0.29) is 23.0 Å². The van der Waals surface area contributed by atoms with Gasteiger partial charge < -0.3 is 20.0 Å². The van der Waals surface area contributed by atoms with Crippen molar-refractivity contribution in [2.24, 2.45) is 39.7 Å². The predicted octanol–water partition coefficient (Wildman–Crippen LogP) is 3.85. The van der Waals surface area contributed by atoms with Crippen molar-refractivity contribution in [3.8, 4) is 0 Å². The number of oxime groups is 1. The summed E-state index contributed by atoms with van der Waals surface area (Å²) in [6, 6.07) is 0. The van der Waals surface area contributed by atoms with Gasteiger partial charge in [-0.2, -0.15) is 0 Å². The van der Waals surface area contributed by atoms with Gasteiger partial charge in [0.05, 0.1) is 18.4 Å². The largest absolute Gasteiger partial charge is 0.394 e. The Morgan fingerprint density at radius 1 is 1.07 bits per heavy atom. The maximum absolute atomic E-state index is 11.2. The molecule has 30 heavy (non-hydrogen) atoms. The number of allylic oxidation sites excluding steroid dienone is 2. The summed E-state index contributed by atoms with van der Waals surface area (Å²) in [7, 11) is 4.05. The molecule has 4 aliphatic carbocycles. The third-order valence-corrected chi connectivity index (χ3v) is 9.60. The van der Waals surface area contributed by atoms with Gasteiger partial charge >= 0.3 is 0 Å². The Morgan fingerprint density at radius 2 is 1.83 bits per heavy atom. The topological polar surface area (TPSA) is 65.3 Å². The number of hydrogen-bond acceptors (Lipinski definition) is 5. The first-order valence-corrected chi connectivity index (χ1v) is 12.1. The van der Waals surface area contributed by atoms with Crippen molar-refractivity contribution in [3.05, 3.63) is 11.6 Å².